The van der Waals surface area contributed by atoms with Gasteiger partial charge in [-0.25, -0.2) is 0 Å². The van der Waals surface area contributed by atoms with Crippen LogP contribution in [-0.2, 0) is 11.3 Å². The van der Waals surface area contributed by atoms with Crippen molar-refractivity contribution >= 4 is 12.4 Å². The number of hydrogen-bond donors (Lipinski definition) is 1. The van der Waals surface area contributed by atoms with Gasteiger partial charge in [-0.3, -0.25) is 9.58 Å². The van der Waals surface area contributed by atoms with E-state index in [1.54, 1.807) is 0 Å². The molecule has 2 unspecified atom stereocenters. The van der Waals surface area contributed by atoms with Crippen molar-refractivity contribution in [3.63, 3.8) is 0 Å². The number of hydrogen-bond acceptors (Lipinski definition) is 4. The highest BCUT2D eigenvalue weighted by Crippen LogP contribution is 2.23. The Morgan fingerprint density at radius 3 is 3.10 bits per heavy atom. The van der Waals surface area contributed by atoms with Crippen LogP contribution < -0.4 is 5.32 Å². The smallest absolute Gasteiger partial charge is 0.0982 e. The SMILES string of the molecule is CCn1cc(C2CN(CC3CCCNC3)CCO2)cn1.Cl. The lowest BCUT2D eigenvalue weighted by atomic mass is 9.98. The van der Waals surface area contributed by atoms with E-state index in [-0.39, 0.29) is 18.5 Å². The van der Waals surface area contributed by atoms with Gasteiger partial charge >= 0.3 is 0 Å². The van der Waals surface area contributed by atoms with E-state index in [0.29, 0.717) is 0 Å². The molecule has 2 aliphatic rings. The fraction of sp³-hybridized carbons (Fsp3) is 0.800. The summed E-state index contributed by atoms with van der Waals surface area (Å²) in [6.07, 6.45) is 6.96. The average Bonchev–Trinajstić information content (AvgIpc) is 2.98. The number of piperidine rings is 1. The molecule has 0 aliphatic carbocycles. The van der Waals surface area contributed by atoms with Crippen molar-refractivity contribution in [2.24, 2.45) is 5.92 Å². The molecule has 0 amide bonds. The lowest BCUT2D eigenvalue weighted by Gasteiger charge is -2.35. The molecule has 3 rings (SSSR count). The summed E-state index contributed by atoms with van der Waals surface area (Å²) < 4.78 is 7.91. The Morgan fingerprint density at radius 1 is 1.48 bits per heavy atom. The summed E-state index contributed by atoms with van der Waals surface area (Å²) in [5, 5.41) is 7.87. The summed E-state index contributed by atoms with van der Waals surface area (Å²) in [4.78, 5) is 2.56. The van der Waals surface area contributed by atoms with Crippen molar-refractivity contribution in [2.75, 3.05) is 39.3 Å². The third-order valence-corrected chi connectivity index (χ3v) is 4.41. The molecule has 2 atom stereocenters. The Hall–Kier alpha value is -0.620. The van der Waals surface area contributed by atoms with E-state index in [9.17, 15) is 0 Å². The zero-order chi connectivity index (χ0) is 13.8. The number of rotatable bonds is 4. The number of halogens is 1. The van der Waals surface area contributed by atoms with Crippen molar-refractivity contribution in [2.45, 2.75) is 32.4 Å². The molecule has 0 aromatic carbocycles. The van der Waals surface area contributed by atoms with Crippen molar-refractivity contribution < 1.29 is 4.74 Å². The zero-order valence-electron chi connectivity index (χ0n) is 12.8. The molecule has 1 aromatic rings. The topological polar surface area (TPSA) is 42.3 Å². The highest BCUT2D eigenvalue weighted by Gasteiger charge is 2.25. The Balaban J connectivity index is 0.00000161. The van der Waals surface area contributed by atoms with Crippen LogP contribution in [0.5, 0.6) is 0 Å². The molecule has 3 heterocycles. The number of aryl methyl sites for hydroxylation is 1. The first-order valence-electron chi connectivity index (χ1n) is 7.92. The number of nitrogens with zero attached hydrogens (tertiary/aromatic N) is 3. The third kappa shape index (κ3) is 4.42. The van der Waals surface area contributed by atoms with E-state index in [0.717, 1.165) is 32.2 Å². The Bertz CT molecular complexity index is 420. The summed E-state index contributed by atoms with van der Waals surface area (Å²) in [7, 11) is 0. The van der Waals surface area contributed by atoms with E-state index in [1.807, 2.05) is 10.9 Å². The van der Waals surface area contributed by atoms with Gasteiger partial charge in [0.25, 0.3) is 0 Å². The number of nitrogens with one attached hydrogen (secondary N) is 1. The average molecular weight is 315 g/mol. The second-order valence-electron chi connectivity index (χ2n) is 5.96. The largest absolute Gasteiger partial charge is 0.371 e. The van der Waals surface area contributed by atoms with Crippen molar-refractivity contribution in [1.29, 1.82) is 0 Å². The van der Waals surface area contributed by atoms with Gasteiger partial charge in [0.2, 0.25) is 0 Å². The highest BCUT2D eigenvalue weighted by atomic mass is 35.5. The normalized spacial score (nSPS) is 27.3. The molecule has 2 fully saturated rings. The number of morpholine rings is 1. The predicted octanol–water partition coefficient (Wildman–Crippen LogP) is 1.70. The van der Waals surface area contributed by atoms with Crippen LogP contribution in [0.1, 0.15) is 31.4 Å². The van der Waals surface area contributed by atoms with Crippen molar-refractivity contribution in [1.82, 2.24) is 20.0 Å². The van der Waals surface area contributed by atoms with Gasteiger partial charge in [-0.05, 0) is 38.8 Å². The lowest BCUT2D eigenvalue weighted by molar-refractivity contribution is -0.0354. The maximum atomic E-state index is 5.93. The van der Waals surface area contributed by atoms with Gasteiger partial charge in [0.05, 0.1) is 18.9 Å². The Kier molecular flexibility index (Phi) is 6.48. The van der Waals surface area contributed by atoms with Crippen molar-refractivity contribution in [3.8, 4) is 0 Å². The minimum atomic E-state index is 0. The van der Waals surface area contributed by atoms with Gasteiger partial charge in [0.1, 0.15) is 0 Å². The van der Waals surface area contributed by atoms with E-state index < -0.39 is 0 Å². The first-order valence-corrected chi connectivity index (χ1v) is 7.92. The van der Waals surface area contributed by atoms with E-state index in [2.05, 4.69) is 28.4 Å². The molecule has 0 spiro atoms. The monoisotopic (exact) mass is 314 g/mol. The zero-order valence-corrected chi connectivity index (χ0v) is 13.6. The van der Waals surface area contributed by atoms with Gasteiger partial charge < -0.3 is 10.1 Å². The molecule has 5 nitrogen and oxygen atoms in total. The van der Waals surface area contributed by atoms with Crippen LogP contribution in [0.25, 0.3) is 0 Å². The first kappa shape index (κ1) is 16.7. The molecule has 2 aliphatic heterocycles. The fourth-order valence-electron chi connectivity index (χ4n) is 3.23. The molecular weight excluding hydrogens is 288 g/mol. The van der Waals surface area contributed by atoms with Gasteiger partial charge in [-0.1, -0.05) is 0 Å². The standard InChI is InChI=1S/C15H26N4O.ClH/c1-2-19-11-14(9-17-19)15-12-18(6-7-20-15)10-13-4-3-5-16-8-13;/h9,11,13,15-16H,2-8,10,12H2,1H3;1H. The molecule has 1 N–H and O–H groups in total. The second kappa shape index (κ2) is 8.13. The van der Waals surface area contributed by atoms with Crippen molar-refractivity contribution in [3.05, 3.63) is 18.0 Å². The molecule has 0 saturated carbocycles. The summed E-state index contributed by atoms with van der Waals surface area (Å²) in [5.41, 5.74) is 1.22. The molecule has 120 valence electrons. The lowest BCUT2D eigenvalue weighted by Crippen LogP contribution is -2.44. The highest BCUT2D eigenvalue weighted by molar-refractivity contribution is 5.85. The van der Waals surface area contributed by atoms with Gasteiger partial charge in [-0.2, -0.15) is 5.10 Å². The fourth-order valence-corrected chi connectivity index (χ4v) is 3.23. The molecule has 1 aromatic heterocycles. The van der Waals surface area contributed by atoms with Crippen LogP contribution in [0.2, 0.25) is 0 Å². The van der Waals surface area contributed by atoms with Crippen LogP contribution in [0.15, 0.2) is 12.4 Å². The molecule has 6 heteroatoms. The van der Waals surface area contributed by atoms with Gasteiger partial charge in [0, 0.05) is 37.9 Å². The molecular formula is C15H27ClN4O. The summed E-state index contributed by atoms with van der Waals surface area (Å²) in [5.74, 6) is 0.806. The van der Waals surface area contributed by atoms with Crippen LogP contribution in [-0.4, -0.2) is 54.0 Å². The Labute approximate surface area is 133 Å². The Morgan fingerprint density at radius 2 is 2.38 bits per heavy atom. The van der Waals surface area contributed by atoms with Crippen LogP contribution in [0.3, 0.4) is 0 Å². The van der Waals surface area contributed by atoms with E-state index >= 15 is 0 Å². The van der Waals surface area contributed by atoms with Crippen LogP contribution in [0.4, 0.5) is 0 Å². The predicted molar refractivity (Wildman–Crippen MR) is 85.9 cm³/mol. The number of aromatic nitrogens is 2. The molecule has 21 heavy (non-hydrogen) atoms. The maximum absolute atomic E-state index is 5.93. The minimum Gasteiger partial charge on any atom is -0.371 e. The molecule has 2 saturated heterocycles. The van der Waals surface area contributed by atoms with Crippen LogP contribution in [0, 0.1) is 5.92 Å². The van der Waals surface area contributed by atoms with Gasteiger partial charge in [-0.15, -0.1) is 12.4 Å². The van der Waals surface area contributed by atoms with Gasteiger partial charge in [0.15, 0.2) is 0 Å². The summed E-state index contributed by atoms with van der Waals surface area (Å²) >= 11 is 0. The minimum absolute atomic E-state index is 0. The van der Waals surface area contributed by atoms with E-state index in [1.165, 1.54) is 38.0 Å². The van der Waals surface area contributed by atoms with E-state index in [4.69, 9.17) is 4.74 Å². The molecule has 0 radical (unpaired) electrons. The number of ether oxygens (including phenoxy) is 1. The quantitative estimate of drug-likeness (QED) is 0.918. The van der Waals surface area contributed by atoms with Crippen LogP contribution >= 0.6 is 12.4 Å². The molecule has 0 bridgehead atoms. The third-order valence-electron chi connectivity index (χ3n) is 4.41. The summed E-state index contributed by atoms with van der Waals surface area (Å²) in [6.45, 7) is 9.51. The second-order valence-corrected chi connectivity index (χ2v) is 5.96. The summed E-state index contributed by atoms with van der Waals surface area (Å²) in [6, 6.07) is 0. The first-order chi connectivity index (χ1) is 9.85. The maximum Gasteiger partial charge on any atom is 0.0982 e.